The predicted molar refractivity (Wildman–Crippen MR) is 86.8 cm³/mol. The lowest BCUT2D eigenvalue weighted by Crippen LogP contribution is -2.23. The molecule has 0 aliphatic heterocycles. The van der Waals surface area contributed by atoms with E-state index >= 15 is 0 Å². The average Bonchev–Trinajstić information content (AvgIpc) is 2.92. The quantitative estimate of drug-likeness (QED) is 0.803. The van der Waals surface area contributed by atoms with Crippen molar-refractivity contribution in [2.24, 2.45) is 0 Å². The van der Waals surface area contributed by atoms with Crippen molar-refractivity contribution in [3.63, 3.8) is 0 Å². The number of rotatable bonds is 4. The van der Waals surface area contributed by atoms with Gasteiger partial charge in [0, 0.05) is 6.54 Å². The van der Waals surface area contributed by atoms with Crippen molar-refractivity contribution in [2.75, 3.05) is 0 Å². The highest BCUT2D eigenvalue weighted by molar-refractivity contribution is 5.92. The van der Waals surface area contributed by atoms with Gasteiger partial charge in [0.1, 0.15) is 11.5 Å². The van der Waals surface area contributed by atoms with E-state index in [1.165, 1.54) is 0 Å². The maximum atomic E-state index is 12.3. The van der Waals surface area contributed by atoms with E-state index in [1.54, 1.807) is 6.07 Å². The van der Waals surface area contributed by atoms with Gasteiger partial charge in [-0.05, 0) is 31.5 Å². The zero-order valence-corrected chi connectivity index (χ0v) is 13.0. The molecule has 5 heteroatoms. The molecule has 1 aromatic carbocycles. The lowest BCUT2D eigenvalue weighted by Gasteiger charge is -2.06. The minimum atomic E-state index is -0.206. The first kappa shape index (κ1) is 15.0. The Bertz CT molecular complexity index is 806. The number of aryl methyl sites for hydroxylation is 2. The third-order valence-corrected chi connectivity index (χ3v) is 3.57. The molecule has 0 spiro atoms. The van der Waals surface area contributed by atoms with Gasteiger partial charge in [-0.25, -0.2) is 4.98 Å². The first-order valence-electron chi connectivity index (χ1n) is 7.37. The number of aromatic nitrogens is 2. The molecule has 1 N–H and O–H groups in total. The van der Waals surface area contributed by atoms with Crippen LogP contribution in [0.3, 0.4) is 0 Å². The van der Waals surface area contributed by atoms with Gasteiger partial charge in [-0.1, -0.05) is 41.6 Å². The van der Waals surface area contributed by atoms with E-state index in [0.29, 0.717) is 23.7 Å². The highest BCUT2D eigenvalue weighted by Crippen LogP contribution is 2.25. The van der Waals surface area contributed by atoms with Crippen LogP contribution in [0.4, 0.5) is 0 Å². The fourth-order valence-electron chi connectivity index (χ4n) is 2.42. The van der Waals surface area contributed by atoms with Gasteiger partial charge in [0.25, 0.3) is 5.91 Å². The van der Waals surface area contributed by atoms with Gasteiger partial charge in [-0.2, -0.15) is 0 Å². The van der Waals surface area contributed by atoms with Crippen LogP contribution >= 0.6 is 0 Å². The van der Waals surface area contributed by atoms with Gasteiger partial charge < -0.3 is 9.84 Å². The maximum Gasteiger partial charge on any atom is 0.270 e. The van der Waals surface area contributed by atoms with Crippen molar-refractivity contribution >= 4 is 5.91 Å². The molecule has 0 bridgehead atoms. The lowest BCUT2D eigenvalue weighted by molar-refractivity contribution is 0.0946. The fourth-order valence-corrected chi connectivity index (χ4v) is 2.42. The Hall–Kier alpha value is -2.95. The minimum Gasteiger partial charge on any atom is -0.361 e. The molecule has 5 nitrogen and oxygen atoms in total. The summed E-state index contributed by atoms with van der Waals surface area (Å²) in [5.41, 5.74) is 3.70. The molecule has 3 rings (SSSR count). The van der Waals surface area contributed by atoms with Crippen LogP contribution in [0.5, 0.6) is 0 Å². The second kappa shape index (κ2) is 6.44. The summed E-state index contributed by atoms with van der Waals surface area (Å²) >= 11 is 0. The molecular formula is C18H17N3O2. The second-order valence-corrected chi connectivity index (χ2v) is 5.28. The van der Waals surface area contributed by atoms with Crippen LogP contribution in [0.1, 0.15) is 27.5 Å². The molecule has 0 unspecified atom stereocenters. The number of pyridine rings is 1. The normalized spacial score (nSPS) is 10.5. The Balaban J connectivity index is 1.78. The maximum absolute atomic E-state index is 12.3. The zero-order chi connectivity index (χ0) is 16.2. The zero-order valence-electron chi connectivity index (χ0n) is 13.0. The molecule has 0 aliphatic carbocycles. The van der Waals surface area contributed by atoms with Crippen molar-refractivity contribution in [1.82, 2.24) is 15.5 Å². The number of amides is 1. The Morgan fingerprint density at radius 3 is 2.57 bits per heavy atom. The van der Waals surface area contributed by atoms with Gasteiger partial charge >= 0.3 is 0 Å². The molecule has 0 fully saturated rings. The highest BCUT2D eigenvalue weighted by atomic mass is 16.5. The van der Waals surface area contributed by atoms with Crippen molar-refractivity contribution in [3.8, 4) is 11.3 Å². The number of nitrogens with one attached hydrogen (secondary N) is 1. The molecule has 23 heavy (non-hydrogen) atoms. The first-order valence-corrected chi connectivity index (χ1v) is 7.37. The molecule has 2 heterocycles. The van der Waals surface area contributed by atoms with E-state index in [2.05, 4.69) is 15.5 Å². The Kier molecular flexibility index (Phi) is 4.19. The van der Waals surface area contributed by atoms with E-state index in [0.717, 1.165) is 16.8 Å². The van der Waals surface area contributed by atoms with Crippen LogP contribution in [0.2, 0.25) is 0 Å². The van der Waals surface area contributed by atoms with Crippen LogP contribution in [0.15, 0.2) is 53.1 Å². The van der Waals surface area contributed by atoms with Gasteiger partial charge in [0.05, 0.1) is 17.0 Å². The summed E-state index contributed by atoms with van der Waals surface area (Å²) in [4.78, 5) is 16.7. The molecule has 0 radical (unpaired) electrons. The summed E-state index contributed by atoms with van der Waals surface area (Å²) in [6, 6.07) is 15.1. The number of hydrogen-bond acceptors (Lipinski definition) is 4. The van der Waals surface area contributed by atoms with Gasteiger partial charge in [0.2, 0.25) is 0 Å². The third kappa shape index (κ3) is 3.29. The van der Waals surface area contributed by atoms with Crippen LogP contribution in [0, 0.1) is 13.8 Å². The predicted octanol–water partition coefficient (Wildman–Crippen LogP) is 3.28. The number of nitrogens with zero attached hydrogens (tertiary/aromatic N) is 2. The van der Waals surface area contributed by atoms with E-state index in [9.17, 15) is 4.79 Å². The van der Waals surface area contributed by atoms with E-state index in [-0.39, 0.29) is 5.91 Å². The Morgan fingerprint density at radius 2 is 1.87 bits per heavy atom. The lowest BCUT2D eigenvalue weighted by atomic mass is 10.1. The summed E-state index contributed by atoms with van der Waals surface area (Å²) in [6.07, 6.45) is 0. The number of carbonyl (C=O) groups excluding carboxylic acids is 1. The van der Waals surface area contributed by atoms with E-state index in [1.807, 2.05) is 56.3 Å². The number of hydrogen-bond donors (Lipinski definition) is 1. The molecule has 0 saturated heterocycles. The molecule has 0 aliphatic rings. The smallest absolute Gasteiger partial charge is 0.270 e. The molecular weight excluding hydrogens is 290 g/mol. The fraction of sp³-hybridized carbons (Fsp3) is 0.167. The monoisotopic (exact) mass is 307 g/mol. The first-order chi connectivity index (χ1) is 11.1. The molecule has 2 aromatic heterocycles. The van der Waals surface area contributed by atoms with Crippen LogP contribution in [0.25, 0.3) is 11.3 Å². The third-order valence-electron chi connectivity index (χ3n) is 3.57. The molecule has 1 amide bonds. The molecule has 116 valence electrons. The second-order valence-electron chi connectivity index (χ2n) is 5.28. The largest absolute Gasteiger partial charge is 0.361 e. The standard InChI is InChI=1S/C18H17N3O2/c1-12-17(13(2)23-21-12)15-9-6-10-16(20-15)18(22)19-11-14-7-4-3-5-8-14/h3-10H,11H2,1-2H3,(H,19,22). The number of carbonyl (C=O) groups is 1. The van der Waals surface area contributed by atoms with Gasteiger partial charge in [0.15, 0.2) is 0 Å². The Labute approximate surface area is 134 Å². The van der Waals surface area contributed by atoms with Crippen LogP contribution in [-0.4, -0.2) is 16.0 Å². The van der Waals surface area contributed by atoms with Crippen molar-refractivity contribution < 1.29 is 9.32 Å². The van der Waals surface area contributed by atoms with Gasteiger partial charge in [-0.15, -0.1) is 0 Å². The summed E-state index contributed by atoms with van der Waals surface area (Å²) in [6.45, 7) is 4.16. The highest BCUT2D eigenvalue weighted by Gasteiger charge is 2.15. The van der Waals surface area contributed by atoms with Crippen molar-refractivity contribution in [3.05, 3.63) is 71.2 Å². The Morgan fingerprint density at radius 1 is 1.09 bits per heavy atom. The SMILES string of the molecule is Cc1noc(C)c1-c1cccc(C(=O)NCc2ccccc2)n1. The van der Waals surface area contributed by atoms with Crippen LogP contribution in [-0.2, 0) is 6.54 Å². The summed E-state index contributed by atoms with van der Waals surface area (Å²) in [7, 11) is 0. The molecule has 0 atom stereocenters. The number of benzene rings is 1. The van der Waals surface area contributed by atoms with E-state index in [4.69, 9.17) is 4.52 Å². The molecule has 0 saturated carbocycles. The van der Waals surface area contributed by atoms with Gasteiger partial charge in [-0.3, -0.25) is 4.79 Å². The summed E-state index contributed by atoms with van der Waals surface area (Å²) in [5, 5.41) is 6.80. The molecule has 3 aromatic rings. The summed E-state index contributed by atoms with van der Waals surface area (Å²) < 4.78 is 5.16. The van der Waals surface area contributed by atoms with Crippen molar-refractivity contribution in [1.29, 1.82) is 0 Å². The van der Waals surface area contributed by atoms with E-state index < -0.39 is 0 Å². The average molecular weight is 307 g/mol. The summed E-state index contributed by atoms with van der Waals surface area (Å²) in [5.74, 6) is 0.485. The van der Waals surface area contributed by atoms with Crippen molar-refractivity contribution in [2.45, 2.75) is 20.4 Å². The topological polar surface area (TPSA) is 68.0 Å². The minimum absolute atomic E-state index is 0.206. The van der Waals surface area contributed by atoms with Crippen LogP contribution < -0.4 is 5.32 Å².